The van der Waals surface area contributed by atoms with Gasteiger partial charge in [-0.25, -0.2) is 0 Å². The van der Waals surface area contributed by atoms with Crippen LogP contribution in [-0.2, 0) is 0 Å². The summed E-state index contributed by atoms with van der Waals surface area (Å²) >= 11 is 1.78. The van der Waals surface area contributed by atoms with Crippen molar-refractivity contribution in [2.45, 2.75) is 32.3 Å². The standard InChI is InChI=1S/C9H18O2S/c1-8(2,6-10)9(11)4-3-5-12-7-9/h10-11H,3-7H2,1-2H3. The van der Waals surface area contributed by atoms with Crippen LogP contribution in [0.5, 0.6) is 0 Å². The lowest BCUT2D eigenvalue weighted by molar-refractivity contribution is -0.0801. The van der Waals surface area contributed by atoms with Gasteiger partial charge in [0.1, 0.15) is 0 Å². The van der Waals surface area contributed by atoms with E-state index in [1.165, 1.54) is 0 Å². The minimum absolute atomic E-state index is 0.0596. The van der Waals surface area contributed by atoms with Gasteiger partial charge in [-0.05, 0) is 18.6 Å². The smallest absolute Gasteiger partial charge is 0.0810 e. The molecule has 2 N–H and O–H groups in total. The van der Waals surface area contributed by atoms with Crippen molar-refractivity contribution in [3.63, 3.8) is 0 Å². The Balaban J connectivity index is 2.68. The molecule has 2 nitrogen and oxygen atoms in total. The zero-order valence-electron chi connectivity index (χ0n) is 7.84. The average Bonchev–Trinajstić information content (AvgIpc) is 2.06. The number of hydrogen-bond donors (Lipinski definition) is 2. The SMILES string of the molecule is CC(C)(CO)C1(O)CCCSC1. The van der Waals surface area contributed by atoms with Crippen LogP contribution < -0.4 is 0 Å². The second-order valence-electron chi connectivity index (χ2n) is 4.23. The maximum Gasteiger partial charge on any atom is 0.0810 e. The van der Waals surface area contributed by atoms with E-state index < -0.39 is 5.60 Å². The van der Waals surface area contributed by atoms with Gasteiger partial charge in [0.2, 0.25) is 0 Å². The second-order valence-corrected chi connectivity index (χ2v) is 5.33. The van der Waals surface area contributed by atoms with Crippen molar-refractivity contribution < 1.29 is 10.2 Å². The van der Waals surface area contributed by atoms with E-state index in [1.54, 1.807) is 11.8 Å². The highest BCUT2D eigenvalue weighted by Gasteiger charge is 2.43. The fraction of sp³-hybridized carbons (Fsp3) is 1.00. The van der Waals surface area contributed by atoms with Gasteiger partial charge < -0.3 is 10.2 Å². The average molecular weight is 190 g/mol. The summed E-state index contributed by atoms with van der Waals surface area (Å²) in [5, 5.41) is 19.4. The van der Waals surface area contributed by atoms with Gasteiger partial charge >= 0.3 is 0 Å². The van der Waals surface area contributed by atoms with E-state index in [1.807, 2.05) is 13.8 Å². The molecule has 1 aliphatic rings. The maximum absolute atomic E-state index is 10.2. The van der Waals surface area contributed by atoms with Crippen molar-refractivity contribution in [3.8, 4) is 0 Å². The van der Waals surface area contributed by atoms with Gasteiger partial charge in [-0.1, -0.05) is 13.8 Å². The van der Waals surface area contributed by atoms with E-state index >= 15 is 0 Å². The number of rotatable bonds is 2. The molecule has 72 valence electrons. The van der Waals surface area contributed by atoms with E-state index in [2.05, 4.69) is 0 Å². The van der Waals surface area contributed by atoms with Gasteiger partial charge in [-0.2, -0.15) is 11.8 Å². The van der Waals surface area contributed by atoms with Crippen LogP contribution in [0.25, 0.3) is 0 Å². The molecule has 1 aliphatic heterocycles. The van der Waals surface area contributed by atoms with Crippen LogP contribution >= 0.6 is 11.8 Å². The van der Waals surface area contributed by atoms with Crippen molar-refractivity contribution in [2.75, 3.05) is 18.1 Å². The Kier molecular flexibility index (Phi) is 3.07. The molecule has 0 radical (unpaired) electrons. The predicted octanol–water partition coefficient (Wildman–Crippen LogP) is 1.26. The number of aliphatic hydroxyl groups is 2. The highest BCUT2D eigenvalue weighted by Crippen LogP contribution is 2.40. The molecule has 1 atom stereocenters. The molecular weight excluding hydrogens is 172 g/mol. The van der Waals surface area contributed by atoms with Crippen molar-refractivity contribution in [1.29, 1.82) is 0 Å². The number of aliphatic hydroxyl groups excluding tert-OH is 1. The fourth-order valence-electron chi connectivity index (χ4n) is 1.46. The van der Waals surface area contributed by atoms with Crippen LogP contribution in [0, 0.1) is 5.41 Å². The lowest BCUT2D eigenvalue weighted by Crippen LogP contribution is -2.50. The Morgan fingerprint density at radius 2 is 2.17 bits per heavy atom. The predicted molar refractivity (Wildman–Crippen MR) is 52.4 cm³/mol. The summed E-state index contributed by atoms with van der Waals surface area (Å²) in [5.41, 5.74) is -1.02. The van der Waals surface area contributed by atoms with Crippen molar-refractivity contribution >= 4 is 11.8 Å². The fourth-order valence-corrected chi connectivity index (χ4v) is 2.83. The topological polar surface area (TPSA) is 40.5 Å². The quantitative estimate of drug-likeness (QED) is 0.689. The molecule has 1 heterocycles. The monoisotopic (exact) mass is 190 g/mol. The Hall–Kier alpha value is 0.270. The van der Waals surface area contributed by atoms with Crippen molar-refractivity contribution in [1.82, 2.24) is 0 Å². The third-order valence-electron chi connectivity index (χ3n) is 2.87. The van der Waals surface area contributed by atoms with E-state index in [-0.39, 0.29) is 12.0 Å². The van der Waals surface area contributed by atoms with Gasteiger partial charge in [0.25, 0.3) is 0 Å². The van der Waals surface area contributed by atoms with Crippen molar-refractivity contribution in [2.24, 2.45) is 5.41 Å². The first-order valence-electron chi connectivity index (χ1n) is 4.43. The second kappa shape index (κ2) is 3.56. The summed E-state index contributed by atoms with van der Waals surface area (Å²) in [6.07, 6.45) is 1.89. The van der Waals surface area contributed by atoms with Gasteiger partial charge in [-0.3, -0.25) is 0 Å². The molecule has 0 saturated carbocycles. The van der Waals surface area contributed by atoms with E-state index in [4.69, 9.17) is 5.11 Å². The van der Waals surface area contributed by atoms with Crippen LogP contribution in [-0.4, -0.2) is 33.9 Å². The summed E-state index contributed by atoms with van der Waals surface area (Å²) in [7, 11) is 0. The van der Waals surface area contributed by atoms with Crippen LogP contribution in [0.1, 0.15) is 26.7 Å². The molecule has 0 bridgehead atoms. The zero-order chi connectivity index (χ0) is 9.24. The molecular formula is C9H18O2S. The third-order valence-corrected chi connectivity index (χ3v) is 4.13. The lowest BCUT2D eigenvalue weighted by atomic mass is 9.74. The zero-order valence-corrected chi connectivity index (χ0v) is 8.65. The molecule has 1 unspecified atom stereocenters. The summed E-state index contributed by atoms with van der Waals surface area (Å²) in [6.45, 7) is 3.92. The molecule has 3 heteroatoms. The molecule has 1 rings (SSSR count). The first-order chi connectivity index (χ1) is 5.52. The summed E-state index contributed by atoms with van der Waals surface area (Å²) in [4.78, 5) is 0. The molecule has 0 aromatic carbocycles. The van der Waals surface area contributed by atoms with Crippen molar-refractivity contribution in [3.05, 3.63) is 0 Å². The Bertz CT molecular complexity index is 151. The minimum atomic E-state index is -0.662. The highest BCUT2D eigenvalue weighted by molar-refractivity contribution is 7.99. The summed E-state index contributed by atoms with van der Waals surface area (Å²) in [6, 6.07) is 0. The molecule has 0 aromatic heterocycles. The van der Waals surface area contributed by atoms with Crippen LogP contribution in [0.4, 0.5) is 0 Å². The first-order valence-corrected chi connectivity index (χ1v) is 5.58. The summed E-state index contributed by atoms with van der Waals surface area (Å²) < 4.78 is 0. The normalized spacial score (nSPS) is 32.0. The molecule has 1 fully saturated rings. The first kappa shape index (κ1) is 10.4. The third kappa shape index (κ3) is 1.78. The Labute approximate surface area is 78.4 Å². The Morgan fingerprint density at radius 3 is 2.58 bits per heavy atom. The molecule has 0 amide bonds. The van der Waals surface area contributed by atoms with Crippen LogP contribution in [0.3, 0.4) is 0 Å². The van der Waals surface area contributed by atoms with Gasteiger partial charge in [-0.15, -0.1) is 0 Å². The molecule has 0 aromatic rings. The maximum atomic E-state index is 10.2. The molecule has 1 saturated heterocycles. The van der Waals surface area contributed by atoms with Crippen LogP contribution in [0.15, 0.2) is 0 Å². The molecule has 0 aliphatic carbocycles. The number of thioether (sulfide) groups is 1. The Morgan fingerprint density at radius 1 is 1.50 bits per heavy atom. The van der Waals surface area contributed by atoms with Gasteiger partial charge in [0.05, 0.1) is 12.2 Å². The molecule has 12 heavy (non-hydrogen) atoms. The lowest BCUT2D eigenvalue weighted by Gasteiger charge is -2.43. The number of hydrogen-bond acceptors (Lipinski definition) is 3. The van der Waals surface area contributed by atoms with Gasteiger partial charge in [0, 0.05) is 11.2 Å². The largest absolute Gasteiger partial charge is 0.396 e. The summed E-state index contributed by atoms with van der Waals surface area (Å²) in [5.74, 6) is 1.91. The van der Waals surface area contributed by atoms with E-state index in [0.717, 1.165) is 24.3 Å². The van der Waals surface area contributed by atoms with Crippen LogP contribution in [0.2, 0.25) is 0 Å². The molecule has 0 spiro atoms. The highest BCUT2D eigenvalue weighted by atomic mass is 32.2. The minimum Gasteiger partial charge on any atom is -0.396 e. The van der Waals surface area contributed by atoms with E-state index in [9.17, 15) is 5.11 Å². The van der Waals surface area contributed by atoms with Gasteiger partial charge in [0.15, 0.2) is 0 Å². The van der Waals surface area contributed by atoms with E-state index in [0.29, 0.717) is 0 Å².